The smallest absolute Gasteiger partial charge is 0.160 e. The summed E-state index contributed by atoms with van der Waals surface area (Å²) in [5, 5.41) is 8.56. The lowest BCUT2D eigenvalue weighted by Gasteiger charge is -2.09. The fourth-order valence-electron chi connectivity index (χ4n) is 1.15. The van der Waals surface area contributed by atoms with Gasteiger partial charge >= 0.3 is 0 Å². The molecule has 12 heavy (non-hydrogen) atoms. The lowest BCUT2D eigenvalue weighted by molar-refractivity contribution is -0.125. The van der Waals surface area contributed by atoms with Crippen LogP contribution in [-0.2, 0) is 4.79 Å². The molecule has 0 aromatic carbocycles. The van der Waals surface area contributed by atoms with Gasteiger partial charge in [0.1, 0.15) is 6.61 Å². The van der Waals surface area contributed by atoms with Crippen molar-refractivity contribution in [3.8, 4) is 0 Å². The molecule has 0 spiro atoms. The third-order valence-corrected chi connectivity index (χ3v) is 2.12. The Morgan fingerprint density at radius 3 is 2.25 bits per heavy atom. The van der Waals surface area contributed by atoms with Crippen molar-refractivity contribution in [2.75, 3.05) is 6.61 Å². The van der Waals surface area contributed by atoms with Crippen molar-refractivity contribution in [2.45, 2.75) is 40.0 Å². The molecule has 0 rings (SSSR count). The fourth-order valence-corrected chi connectivity index (χ4v) is 1.15. The van der Waals surface area contributed by atoms with Crippen LogP contribution in [0.4, 0.5) is 0 Å². The van der Waals surface area contributed by atoms with Gasteiger partial charge in [-0.05, 0) is 12.3 Å². The molecule has 1 atom stereocenters. The van der Waals surface area contributed by atoms with E-state index in [0.29, 0.717) is 5.92 Å². The Labute approximate surface area is 75.0 Å². The van der Waals surface area contributed by atoms with Crippen molar-refractivity contribution in [1.82, 2.24) is 0 Å². The topological polar surface area (TPSA) is 37.3 Å². The summed E-state index contributed by atoms with van der Waals surface area (Å²) in [7, 11) is 0. The lowest BCUT2D eigenvalue weighted by atomic mass is 9.97. The number of carbonyl (C=O) groups is 1. The van der Waals surface area contributed by atoms with Crippen LogP contribution in [0.25, 0.3) is 0 Å². The van der Waals surface area contributed by atoms with Gasteiger partial charge in [0, 0.05) is 5.92 Å². The quantitative estimate of drug-likeness (QED) is 0.665. The van der Waals surface area contributed by atoms with Crippen molar-refractivity contribution < 1.29 is 9.90 Å². The third kappa shape index (κ3) is 5.30. The predicted octanol–water partition coefficient (Wildman–Crippen LogP) is 2.01. The molecule has 0 aromatic rings. The van der Waals surface area contributed by atoms with Crippen LogP contribution < -0.4 is 0 Å². The number of rotatable bonds is 6. The van der Waals surface area contributed by atoms with Crippen LogP contribution in [0.5, 0.6) is 0 Å². The number of aliphatic hydroxyl groups is 1. The van der Waals surface area contributed by atoms with E-state index in [2.05, 4.69) is 13.8 Å². The van der Waals surface area contributed by atoms with E-state index in [1.807, 2.05) is 6.92 Å². The largest absolute Gasteiger partial charge is 0.389 e. The molecule has 0 aliphatic rings. The highest BCUT2D eigenvalue weighted by Gasteiger charge is 2.10. The van der Waals surface area contributed by atoms with Gasteiger partial charge in [-0.3, -0.25) is 4.79 Å². The van der Waals surface area contributed by atoms with Gasteiger partial charge in [-0.25, -0.2) is 0 Å². The molecule has 0 aromatic heterocycles. The molecular formula is C10H20O2. The van der Waals surface area contributed by atoms with Gasteiger partial charge in [0.05, 0.1) is 0 Å². The molecule has 0 bridgehead atoms. The summed E-state index contributed by atoms with van der Waals surface area (Å²) in [5.74, 6) is 0.717. The lowest BCUT2D eigenvalue weighted by Crippen LogP contribution is -2.14. The molecule has 0 saturated heterocycles. The van der Waals surface area contributed by atoms with E-state index < -0.39 is 0 Å². The van der Waals surface area contributed by atoms with Gasteiger partial charge < -0.3 is 5.11 Å². The minimum absolute atomic E-state index is 0.0289. The monoisotopic (exact) mass is 172 g/mol. The van der Waals surface area contributed by atoms with E-state index >= 15 is 0 Å². The van der Waals surface area contributed by atoms with E-state index in [-0.39, 0.29) is 18.3 Å². The molecule has 72 valence electrons. The first-order valence-electron chi connectivity index (χ1n) is 4.71. The van der Waals surface area contributed by atoms with Crippen LogP contribution in [0, 0.1) is 11.8 Å². The zero-order valence-electron chi connectivity index (χ0n) is 8.34. The average molecular weight is 172 g/mol. The Balaban J connectivity index is 3.43. The van der Waals surface area contributed by atoms with Crippen molar-refractivity contribution >= 4 is 5.78 Å². The van der Waals surface area contributed by atoms with Gasteiger partial charge in [-0.15, -0.1) is 0 Å². The van der Waals surface area contributed by atoms with Gasteiger partial charge in [-0.1, -0.05) is 33.6 Å². The maximum atomic E-state index is 10.9. The summed E-state index contributed by atoms with van der Waals surface area (Å²) in [6, 6.07) is 0. The Kier molecular flexibility index (Phi) is 5.99. The van der Waals surface area contributed by atoms with Crippen LogP contribution in [-0.4, -0.2) is 17.5 Å². The Morgan fingerprint density at radius 1 is 1.25 bits per heavy atom. The first-order chi connectivity index (χ1) is 5.57. The molecule has 0 heterocycles. The molecule has 0 fully saturated rings. The summed E-state index contributed by atoms with van der Waals surface area (Å²) in [4.78, 5) is 10.9. The molecule has 2 heteroatoms. The van der Waals surface area contributed by atoms with E-state index in [4.69, 9.17) is 5.11 Å². The summed E-state index contributed by atoms with van der Waals surface area (Å²) in [6.07, 6.45) is 3.17. The Morgan fingerprint density at radius 2 is 1.83 bits per heavy atom. The second-order valence-electron chi connectivity index (χ2n) is 3.85. The van der Waals surface area contributed by atoms with Crippen molar-refractivity contribution in [1.29, 1.82) is 0 Å². The van der Waals surface area contributed by atoms with Crippen LogP contribution >= 0.6 is 0 Å². The summed E-state index contributed by atoms with van der Waals surface area (Å²) >= 11 is 0. The summed E-state index contributed by atoms with van der Waals surface area (Å²) in [6.45, 7) is 5.94. The van der Waals surface area contributed by atoms with E-state index in [1.54, 1.807) is 0 Å². The number of hydrogen-bond donors (Lipinski definition) is 1. The minimum atomic E-state index is -0.303. The highest BCUT2D eigenvalue weighted by molar-refractivity contribution is 5.81. The Bertz CT molecular complexity index is 130. The molecular weight excluding hydrogens is 152 g/mol. The second-order valence-corrected chi connectivity index (χ2v) is 3.85. The Hall–Kier alpha value is -0.370. The van der Waals surface area contributed by atoms with Crippen LogP contribution in [0.3, 0.4) is 0 Å². The van der Waals surface area contributed by atoms with E-state index in [1.165, 1.54) is 6.42 Å². The van der Waals surface area contributed by atoms with Gasteiger partial charge in [0.25, 0.3) is 0 Å². The number of hydrogen-bond acceptors (Lipinski definition) is 2. The number of aliphatic hydroxyl groups excluding tert-OH is 1. The molecule has 1 N–H and O–H groups in total. The molecule has 0 saturated carbocycles. The number of Topliss-reactive ketones (excluding diaryl/α,β-unsaturated/α-hetero) is 1. The van der Waals surface area contributed by atoms with Crippen LogP contribution in [0.15, 0.2) is 0 Å². The van der Waals surface area contributed by atoms with Crippen molar-refractivity contribution in [2.24, 2.45) is 11.8 Å². The molecule has 2 nitrogen and oxygen atoms in total. The fraction of sp³-hybridized carbons (Fsp3) is 0.900. The third-order valence-electron chi connectivity index (χ3n) is 2.12. The van der Waals surface area contributed by atoms with Crippen LogP contribution in [0.1, 0.15) is 40.0 Å². The maximum absolute atomic E-state index is 10.9. The molecule has 1 unspecified atom stereocenters. The van der Waals surface area contributed by atoms with Crippen molar-refractivity contribution in [3.05, 3.63) is 0 Å². The van der Waals surface area contributed by atoms with E-state index in [9.17, 15) is 4.79 Å². The van der Waals surface area contributed by atoms with E-state index in [0.717, 1.165) is 12.8 Å². The predicted molar refractivity (Wildman–Crippen MR) is 49.9 cm³/mol. The highest BCUT2D eigenvalue weighted by atomic mass is 16.3. The molecule has 0 aliphatic heterocycles. The normalized spacial score (nSPS) is 13.4. The molecule has 0 amide bonds. The van der Waals surface area contributed by atoms with Crippen LogP contribution in [0.2, 0.25) is 0 Å². The summed E-state index contributed by atoms with van der Waals surface area (Å²) < 4.78 is 0. The SMILES string of the molecule is CC(C)CCCC(C)C(=O)CO. The molecule has 0 aliphatic carbocycles. The number of carbonyl (C=O) groups excluding carboxylic acids is 1. The standard InChI is InChI=1S/C10H20O2/c1-8(2)5-4-6-9(3)10(12)7-11/h8-9,11H,4-7H2,1-3H3. The highest BCUT2D eigenvalue weighted by Crippen LogP contribution is 2.12. The zero-order chi connectivity index (χ0) is 9.56. The molecule has 0 radical (unpaired) electrons. The van der Waals surface area contributed by atoms with Gasteiger partial charge in [0.15, 0.2) is 5.78 Å². The maximum Gasteiger partial charge on any atom is 0.160 e. The van der Waals surface area contributed by atoms with Crippen molar-refractivity contribution in [3.63, 3.8) is 0 Å². The number of ketones is 1. The second kappa shape index (κ2) is 6.18. The first kappa shape index (κ1) is 11.6. The average Bonchev–Trinajstić information content (AvgIpc) is 2.02. The van der Waals surface area contributed by atoms with Gasteiger partial charge in [-0.2, -0.15) is 0 Å². The minimum Gasteiger partial charge on any atom is -0.389 e. The zero-order valence-corrected chi connectivity index (χ0v) is 8.34. The first-order valence-corrected chi connectivity index (χ1v) is 4.71. The van der Waals surface area contributed by atoms with Gasteiger partial charge in [0.2, 0.25) is 0 Å². The summed E-state index contributed by atoms with van der Waals surface area (Å²) in [5.41, 5.74) is 0.